The summed E-state index contributed by atoms with van der Waals surface area (Å²) in [6, 6.07) is 8.51. The van der Waals surface area contributed by atoms with Crippen molar-refractivity contribution in [1.29, 1.82) is 0 Å². The van der Waals surface area contributed by atoms with Crippen molar-refractivity contribution in [3.63, 3.8) is 0 Å². The molecule has 0 unspecified atom stereocenters. The quantitative estimate of drug-likeness (QED) is 0.607. The fourth-order valence-corrected chi connectivity index (χ4v) is 3.29. The molecule has 0 aliphatic carbocycles. The first-order valence-corrected chi connectivity index (χ1v) is 9.06. The van der Waals surface area contributed by atoms with Crippen LogP contribution in [0.25, 0.3) is 0 Å². The van der Waals surface area contributed by atoms with Crippen LogP contribution in [0, 0.1) is 0 Å². The van der Waals surface area contributed by atoms with Gasteiger partial charge >= 0.3 is 5.97 Å². The Kier molecular flexibility index (Phi) is 5.99. The number of amides is 2. The molecule has 2 aromatic rings. The normalized spacial score (nSPS) is 11.6. The Morgan fingerprint density at radius 1 is 1.21 bits per heavy atom. The largest absolute Gasteiger partial charge is 0.449 e. The van der Waals surface area contributed by atoms with Crippen LogP contribution in [0.3, 0.4) is 0 Å². The summed E-state index contributed by atoms with van der Waals surface area (Å²) in [5.74, 6) is -1.75. The standard InChI is InChI=1S/C16H16N2O4S2/c1-9(14(20)18-15-11(13(17)19)7-8-24-15)22-16(21)10-5-3-4-6-12(10)23-2/h3-9H,1-2H3,(H2,17,19)(H,18,20)/t9-/m1/s1. The molecule has 0 aliphatic rings. The zero-order chi connectivity index (χ0) is 17.7. The van der Waals surface area contributed by atoms with Crippen LogP contribution >= 0.6 is 23.1 Å². The van der Waals surface area contributed by atoms with E-state index >= 15 is 0 Å². The lowest BCUT2D eigenvalue weighted by Crippen LogP contribution is -2.30. The molecule has 0 bridgehead atoms. The van der Waals surface area contributed by atoms with Gasteiger partial charge in [-0.2, -0.15) is 0 Å². The second-order valence-corrected chi connectivity index (χ2v) is 6.53. The minimum Gasteiger partial charge on any atom is -0.449 e. The Morgan fingerprint density at radius 3 is 2.58 bits per heavy atom. The first kappa shape index (κ1) is 18.0. The molecule has 2 amide bonds. The van der Waals surface area contributed by atoms with Crippen LogP contribution in [0.15, 0.2) is 40.6 Å². The zero-order valence-corrected chi connectivity index (χ0v) is 14.7. The second-order valence-electron chi connectivity index (χ2n) is 4.76. The van der Waals surface area contributed by atoms with Gasteiger partial charge in [-0.15, -0.1) is 23.1 Å². The molecule has 1 aromatic carbocycles. The lowest BCUT2D eigenvalue weighted by molar-refractivity contribution is -0.123. The molecule has 0 saturated carbocycles. The van der Waals surface area contributed by atoms with Crippen LogP contribution < -0.4 is 11.1 Å². The Hall–Kier alpha value is -2.32. The number of carbonyl (C=O) groups is 3. The number of thioether (sulfide) groups is 1. The van der Waals surface area contributed by atoms with Crippen LogP contribution in [-0.2, 0) is 9.53 Å². The monoisotopic (exact) mass is 364 g/mol. The number of thiophene rings is 1. The summed E-state index contributed by atoms with van der Waals surface area (Å²) in [6.07, 6.45) is 0.833. The van der Waals surface area contributed by atoms with E-state index in [9.17, 15) is 14.4 Å². The number of carbonyl (C=O) groups excluding carboxylic acids is 3. The highest BCUT2D eigenvalue weighted by molar-refractivity contribution is 7.98. The van der Waals surface area contributed by atoms with E-state index in [2.05, 4.69) is 5.32 Å². The van der Waals surface area contributed by atoms with Gasteiger partial charge in [-0.25, -0.2) is 4.79 Å². The highest BCUT2D eigenvalue weighted by atomic mass is 32.2. The lowest BCUT2D eigenvalue weighted by Gasteiger charge is -2.14. The summed E-state index contributed by atoms with van der Waals surface area (Å²) >= 11 is 2.59. The third-order valence-electron chi connectivity index (χ3n) is 3.15. The van der Waals surface area contributed by atoms with Gasteiger partial charge in [-0.3, -0.25) is 9.59 Å². The minimum atomic E-state index is -1.02. The number of benzene rings is 1. The summed E-state index contributed by atoms with van der Waals surface area (Å²) in [4.78, 5) is 36.4. The maximum Gasteiger partial charge on any atom is 0.340 e. The van der Waals surface area contributed by atoms with Gasteiger partial charge in [-0.1, -0.05) is 12.1 Å². The first-order valence-electron chi connectivity index (χ1n) is 6.96. The highest BCUT2D eigenvalue weighted by Gasteiger charge is 2.22. The van der Waals surface area contributed by atoms with Gasteiger partial charge in [0.25, 0.3) is 11.8 Å². The number of nitrogens with two attached hydrogens (primary N) is 1. The number of ether oxygens (including phenoxy) is 1. The predicted octanol–water partition coefficient (Wildman–Crippen LogP) is 2.75. The molecule has 6 nitrogen and oxygen atoms in total. The Morgan fingerprint density at radius 2 is 1.92 bits per heavy atom. The van der Waals surface area contributed by atoms with Crippen LogP contribution in [0.5, 0.6) is 0 Å². The predicted molar refractivity (Wildman–Crippen MR) is 94.6 cm³/mol. The number of rotatable bonds is 6. The lowest BCUT2D eigenvalue weighted by atomic mass is 10.2. The molecule has 1 heterocycles. The van der Waals surface area contributed by atoms with E-state index in [1.165, 1.54) is 36.1 Å². The molecule has 0 saturated heterocycles. The van der Waals surface area contributed by atoms with Crippen molar-refractivity contribution >= 4 is 45.9 Å². The molecule has 126 valence electrons. The van der Waals surface area contributed by atoms with E-state index < -0.39 is 23.9 Å². The number of primary amides is 1. The fourth-order valence-electron chi connectivity index (χ4n) is 1.90. The van der Waals surface area contributed by atoms with E-state index in [0.29, 0.717) is 10.6 Å². The van der Waals surface area contributed by atoms with Crippen molar-refractivity contribution in [2.75, 3.05) is 11.6 Å². The first-order chi connectivity index (χ1) is 11.4. The summed E-state index contributed by atoms with van der Waals surface area (Å²) in [5.41, 5.74) is 5.85. The van der Waals surface area contributed by atoms with Gasteiger partial charge < -0.3 is 15.8 Å². The molecule has 8 heteroatoms. The summed E-state index contributed by atoms with van der Waals surface area (Å²) in [6.45, 7) is 1.46. The highest BCUT2D eigenvalue weighted by Crippen LogP contribution is 2.24. The van der Waals surface area contributed by atoms with Crippen LogP contribution in [0.4, 0.5) is 5.00 Å². The van der Waals surface area contributed by atoms with Crippen LogP contribution in [0.2, 0.25) is 0 Å². The molecule has 0 aliphatic heterocycles. The van der Waals surface area contributed by atoms with Crippen molar-refractivity contribution in [2.45, 2.75) is 17.9 Å². The van der Waals surface area contributed by atoms with E-state index in [4.69, 9.17) is 10.5 Å². The van der Waals surface area contributed by atoms with E-state index in [0.717, 1.165) is 4.90 Å². The maximum absolute atomic E-state index is 12.2. The molecule has 2 rings (SSSR count). The van der Waals surface area contributed by atoms with E-state index in [-0.39, 0.29) is 5.56 Å². The topological polar surface area (TPSA) is 98.5 Å². The third-order valence-corrected chi connectivity index (χ3v) is 4.77. The average Bonchev–Trinajstić information content (AvgIpc) is 3.02. The van der Waals surface area contributed by atoms with Crippen molar-refractivity contribution < 1.29 is 19.1 Å². The fraction of sp³-hybridized carbons (Fsp3) is 0.188. The maximum atomic E-state index is 12.2. The van der Waals surface area contributed by atoms with E-state index in [1.807, 2.05) is 12.3 Å². The molecule has 3 N–H and O–H groups in total. The van der Waals surface area contributed by atoms with Gasteiger partial charge in [0.1, 0.15) is 5.00 Å². The third kappa shape index (κ3) is 4.15. The second kappa shape index (κ2) is 7.98. The molecule has 1 atom stereocenters. The Labute approximate surface area is 147 Å². The van der Waals surface area contributed by atoms with Gasteiger partial charge in [0.15, 0.2) is 6.10 Å². The summed E-state index contributed by atoms with van der Waals surface area (Å²) < 4.78 is 5.21. The molecule has 0 radical (unpaired) electrons. The average molecular weight is 364 g/mol. The van der Waals surface area contributed by atoms with Gasteiger partial charge in [-0.05, 0) is 36.8 Å². The smallest absolute Gasteiger partial charge is 0.340 e. The molecule has 0 spiro atoms. The molecular formula is C16H16N2O4S2. The Balaban J connectivity index is 2.05. The van der Waals surface area contributed by atoms with Crippen LogP contribution in [-0.4, -0.2) is 30.1 Å². The number of hydrogen-bond donors (Lipinski definition) is 2. The van der Waals surface area contributed by atoms with Crippen molar-refractivity contribution in [2.24, 2.45) is 5.73 Å². The molecule has 24 heavy (non-hydrogen) atoms. The van der Waals surface area contributed by atoms with Crippen LogP contribution in [0.1, 0.15) is 27.6 Å². The molecule has 1 aromatic heterocycles. The zero-order valence-electron chi connectivity index (χ0n) is 13.1. The number of anilines is 1. The van der Waals surface area contributed by atoms with Gasteiger partial charge in [0.2, 0.25) is 0 Å². The van der Waals surface area contributed by atoms with Crippen molar-refractivity contribution in [3.05, 3.63) is 46.8 Å². The Bertz CT molecular complexity index is 773. The molecular weight excluding hydrogens is 348 g/mol. The van der Waals surface area contributed by atoms with Crippen molar-refractivity contribution in [3.8, 4) is 0 Å². The summed E-state index contributed by atoms with van der Waals surface area (Å²) in [5, 5.41) is 4.53. The number of esters is 1. The van der Waals surface area contributed by atoms with E-state index in [1.54, 1.807) is 23.6 Å². The minimum absolute atomic E-state index is 0.222. The SMILES string of the molecule is CSc1ccccc1C(=O)O[C@H](C)C(=O)Nc1sccc1C(N)=O. The summed E-state index contributed by atoms with van der Waals surface area (Å²) in [7, 11) is 0. The number of hydrogen-bond acceptors (Lipinski definition) is 6. The van der Waals surface area contributed by atoms with Crippen molar-refractivity contribution in [1.82, 2.24) is 0 Å². The molecule has 0 fully saturated rings. The number of nitrogens with one attached hydrogen (secondary N) is 1. The van der Waals surface area contributed by atoms with Gasteiger partial charge in [0.05, 0.1) is 11.1 Å². The van der Waals surface area contributed by atoms with Gasteiger partial charge in [0, 0.05) is 4.90 Å².